The fraction of sp³-hybridized carbons (Fsp3) is 0.571. The summed E-state index contributed by atoms with van der Waals surface area (Å²) in [7, 11) is 0. The molecular formula is C21H30N6O2. The van der Waals surface area contributed by atoms with E-state index in [1.54, 1.807) is 0 Å². The summed E-state index contributed by atoms with van der Waals surface area (Å²) in [5, 5.41) is 7.02. The maximum Gasteiger partial charge on any atom is 0.321 e. The molecule has 1 N–H and O–H groups in total. The van der Waals surface area contributed by atoms with Crippen molar-refractivity contribution in [2.24, 2.45) is 0 Å². The minimum atomic E-state index is -0.0372. The Morgan fingerprint density at radius 1 is 1.14 bits per heavy atom. The molecule has 4 rings (SSSR count). The van der Waals surface area contributed by atoms with Crippen molar-refractivity contribution in [2.75, 3.05) is 56.0 Å². The quantitative estimate of drug-likeness (QED) is 0.853. The van der Waals surface area contributed by atoms with Crippen molar-refractivity contribution in [2.45, 2.75) is 32.6 Å². The van der Waals surface area contributed by atoms with Crippen molar-refractivity contribution in [3.05, 3.63) is 36.0 Å². The number of likely N-dealkylation sites (N-methyl/N-ethyl adjacent to an activating group) is 1. The summed E-state index contributed by atoms with van der Waals surface area (Å²) in [5.74, 6) is 1.60. The molecule has 2 fully saturated rings. The van der Waals surface area contributed by atoms with E-state index in [9.17, 15) is 4.79 Å². The number of urea groups is 1. The molecule has 29 heavy (non-hydrogen) atoms. The highest BCUT2D eigenvalue weighted by Crippen LogP contribution is 2.29. The zero-order valence-electron chi connectivity index (χ0n) is 17.3. The maximum atomic E-state index is 12.9. The zero-order valence-corrected chi connectivity index (χ0v) is 17.3. The van der Waals surface area contributed by atoms with Gasteiger partial charge in [0.1, 0.15) is 0 Å². The topological polar surface area (TPSA) is 77.7 Å². The van der Waals surface area contributed by atoms with E-state index in [0.717, 1.165) is 56.9 Å². The molecular weight excluding hydrogens is 368 g/mol. The molecule has 2 aliphatic rings. The molecule has 1 aromatic carbocycles. The molecule has 0 unspecified atom stereocenters. The van der Waals surface area contributed by atoms with Gasteiger partial charge in [-0.1, -0.05) is 24.2 Å². The van der Waals surface area contributed by atoms with Crippen LogP contribution in [0.1, 0.15) is 37.4 Å². The first-order valence-electron chi connectivity index (χ1n) is 10.6. The molecule has 8 nitrogen and oxygen atoms in total. The van der Waals surface area contributed by atoms with Gasteiger partial charge < -0.3 is 24.5 Å². The SMILES string of the molecule is CCN1CCN(c2ccccc2NC(=O)N2CCC(c3nc(C)no3)CC2)CC1. The van der Waals surface area contributed by atoms with Gasteiger partial charge in [0.15, 0.2) is 5.82 Å². The number of rotatable bonds is 4. The van der Waals surface area contributed by atoms with Crippen LogP contribution < -0.4 is 10.2 Å². The fourth-order valence-corrected chi connectivity index (χ4v) is 4.16. The Hall–Kier alpha value is -2.61. The van der Waals surface area contributed by atoms with Crippen molar-refractivity contribution in [3.63, 3.8) is 0 Å². The highest BCUT2D eigenvalue weighted by Gasteiger charge is 2.28. The number of carbonyl (C=O) groups excluding carboxylic acids is 1. The highest BCUT2D eigenvalue weighted by atomic mass is 16.5. The standard InChI is InChI=1S/C21H30N6O2/c1-3-25-12-14-26(15-13-25)19-7-5-4-6-18(19)23-21(28)27-10-8-17(9-11-27)20-22-16(2)24-29-20/h4-7,17H,3,8-15H2,1-2H3,(H,23,28). The lowest BCUT2D eigenvalue weighted by molar-refractivity contribution is 0.187. The average molecular weight is 399 g/mol. The third-order valence-corrected chi connectivity index (χ3v) is 5.98. The van der Waals surface area contributed by atoms with Gasteiger partial charge in [0.25, 0.3) is 0 Å². The molecule has 0 atom stereocenters. The van der Waals surface area contributed by atoms with Crippen LogP contribution in [0.2, 0.25) is 0 Å². The summed E-state index contributed by atoms with van der Waals surface area (Å²) in [6.45, 7) is 10.6. The van der Waals surface area contributed by atoms with Crippen molar-refractivity contribution in [3.8, 4) is 0 Å². The molecule has 0 aliphatic carbocycles. The highest BCUT2D eigenvalue weighted by molar-refractivity contribution is 5.93. The number of hydrogen-bond acceptors (Lipinski definition) is 6. The van der Waals surface area contributed by atoms with Crippen LogP contribution in [0, 0.1) is 6.92 Å². The number of nitrogens with zero attached hydrogens (tertiary/aromatic N) is 5. The Kier molecular flexibility index (Phi) is 5.99. The molecule has 2 amide bonds. The second kappa shape index (κ2) is 8.82. The number of aryl methyl sites for hydroxylation is 1. The Morgan fingerprint density at radius 2 is 1.86 bits per heavy atom. The normalized spacial score (nSPS) is 18.8. The maximum absolute atomic E-state index is 12.9. The lowest BCUT2D eigenvalue weighted by atomic mass is 9.97. The van der Waals surface area contributed by atoms with E-state index in [0.29, 0.717) is 24.8 Å². The third-order valence-electron chi connectivity index (χ3n) is 5.98. The largest absolute Gasteiger partial charge is 0.367 e. The lowest BCUT2D eigenvalue weighted by Crippen LogP contribution is -2.46. The Balaban J connectivity index is 1.36. The molecule has 8 heteroatoms. The molecule has 0 saturated carbocycles. The van der Waals surface area contributed by atoms with Crippen molar-refractivity contribution < 1.29 is 9.32 Å². The Morgan fingerprint density at radius 3 is 2.52 bits per heavy atom. The number of para-hydroxylation sites is 2. The summed E-state index contributed by atoms with van der Waals surface area (Å²) in [5.41, 5.74) is 1.99. The van der Waals surface area contributed by atoms with Gasteiger partial charge in [-0.25, -0.2) is 4.79 Å². The van der Waals surface area contributed by atoms with Crippen molar-refractivity contribution >= 4 is 17.4 Å². The van der Waals surface area contributed by atoms with Gasteiger partial charge >= 0.3 is 6.03 Å². The van der Waals surface area contributed by atoms with E-state index >= 15 is 0 Å². The summed E-state index contributed by atoms with van der Waals surface area (Å²) < 4.78 is 5.30. The predicted molar refractivity (Wildman–Crippen MR) is 112 cm³/mol. The second-order valence-corrected chi connectivity index (χ2v) is 7.81. The van der Waals surface area contributed by atoms with Crippen LogP contribution in [-0.2, 0) is 0 Å². The summed E-state index contributed by atoms with van der Waals surface area (Å²) in [4.78, 5) is 23.9. The predicted octanol–water partition coefficient (Wildman–Crippen LogP) is 2.93. The molecule has 3 heterocycles. The number of hydrogen-bond donors (Lipinski definition) is 1. The summed E-state index contributed by atoms with van der Waals surface area (Å²) in [6, 6.07) is 8.07. The minimum Gasteiger partial charge on any atom is -0.367 e. The van der Waals surface area contributed by atoms with Gasteiger partial charge in [-0.2, -0.15) is 4.98 Å². The van der Waals surface area contributed by atoms with Gasteiger partial charge in [-0.3, -0.25) is 0 Å². The number of carbonyl (C=O) groups is 1. The smallest absolute Gasteiger partial charge is 0.321 e. The first-order chi connectivity index (χ1) is 14.1. The molecule has 2 saturated heterocycles. The Bertz CT molecular complexity index is 822. The number of nitrogens with one attached hydrogen (secondary N) is 1. The molecule has 0 radical (unpaired) electrons. The number of benzene rings is 1. The number of piperidine rings is 1. The number of anilines is 2. The van der Waals surface area contributed by atoms with Gasteiger partial charge in [0.2, 0.25) is 5.89 Å². The molecule has 0 bridgehead atoms. The average Bonchev–Trinajstić information content (AvgIpc) is 3.20. The summed E-state index contributed by atoms with van der Waals surface area (Å²) >= 11 is 0. The van der Waals surface area contributed by atoms with Gasteiger partial charge in [-0.05, 0) is 38.4 Å². The van der Waals surface area contributed by atoms with E-state index in [-0.39, 0.29) is 11.9 Å². The van der Waals surface area contributed by atoms with Crippen molar-refractivity contribution in [1.82, 2.24) is 19.9 Å². The van der Waals surface area contributed by atoms with E-state index in [1.807, 2.05) is 30.0 Å². The molecule has 2 aliphatic heterocycles. The van der Waals surface area contributed by atoms with Crippen LogP contribution in [0.3, 0.4) is 0 Å². The molecule has 1 aromatic heterocycles. The third kappa shape index (κ3) is 4.53. The van der Waals surface area contributed by atoms with E-state index in [2.05, 4.69) is 38.2 Å². The van der Waals surface area contributed by atoms with Crippen LogP contribution >= 0.6 is 0 Å². The van der Waals surface area contributed by atoms with Crippen molar-refractivity contribution in [1.29, 1.82) is 0 Å². The number of amides is 2. The second-order valence-electron chi connectivity index (χ2n) is 7.81. The first-order valence-corrected chi connectivity index (χ1v) is 10.6. The van der Waals surface area contributed by atoms with E-state index < -0.39 is 0 Å². The van der Waals surface area contributed by atoms with Crippen LogP contribution in [0.25, 0.3) is 0 Å². The number of piperazine rings is 1. The molecule has 2 aromatic rings. The Labute approximate surface area is 171 Å². The van der Waals surface area contributed by atoms with Gasteiger partial charge in [0.05, 0.1) is 11.4 Å². The zero-order chi connectivity index (χ0) is 20.2. The van der Waals surface area contributed by atoms with Gasteiger partial charge in [0, 0.05) is 45.2 Å². The lowest BCUT2D eigenvalue weighted by Gasteiger charge is -2.36. The van der Waals surface area contributed by atoms with Crippen LogP contribution in [0.15, 0.2) is 28.8 Å². The van der Waals surface area contributed by atoms with Crippen LogP contribution in [0.5, 0.6) is 0 Å². The van der Waals surface area contributed by atoms with Gasteiger partial charge in [-0.15, -0.1) is 0 Å². The number of likely N-dealkylation sites (tertiary alicyclic amines) is 1. The molecule has 0 spiro atoms. The monoisotopic (exact) mass is 398 g/mol. The van der Waals surface area contributed by atoms with Crippen LogP contribution in [-0.4, -0.2) is 71.8 Å². The fourth-order valence-electron chi connectivity index (χ4n) is 4.16. The summed E-state index contributed by atoms with van der Waals surface area (Å²) in [6.07, 6.45) is 1.69. The van der Waals surface area contributed by atoms with E-state index in [4.69, 9.17) is 4.52 Å². The van der Waals surface area contributed by atoms with E-state index in [1.165, 1.54) is 0 Å². The first kappa shape index (κ1) is 19.7. The van der Waals surface area contributed by atoms with Crippen LogP contribution in [0.4, 0.5) is 16.2 Å². The minimum absolute atomic E-state index is 0.0372. The molecule has 156 valence electrons. The number of aromatic nitrogens is 2.